The number of halogens is 2. The van der Waals surface area contributed by atoms with Crippen molar-refractivity contribution in [3.05, 3.63) is 78.0 Å². The van der Waals surface area contributed by atoms with E-state index in [1.807, 2.05) is 0 Å². The number of rotatable bonds is 7. The van der Waals surface area contributed by atoms with Crippen molar-refractivity contribution in [2.45, 2.75) is 6.92 Å². The average Bonchev–Trinajstić information content (AvgIpc) is 3.18. The number of carbonyl (C=O) groups is 2. The van der Waals surface area contributed by atoms with Gasteiger partial charge in [0.2, 0.25) is 5.78 Å². The largest absolute Gasteiger partial charge is 0.481 e. The molecule has 0 saturated carbocycles. The normalized spacial score (nSPS) is 10.7. The van der Waals surface area contributed by atoms with Crippen molar-refractivity contribution in [2.75, 3.05) is 6.61 Å². The van der Waals surface area contributed by atoms with Crippen molar-refractivity contribution in [3.8, 4) is 35.0 Å². The van der Waals surface area contributed by atoms with E-state index in [1.54, 1.807) is 24.3 Å². The van der Waals surface area contributed by atoms with Gasteiger partial charge in [-0.3, -0.25) is 9.59 Å². The zero-order chi connectivity index (χ0) is 21.7. The van der Waals surface area contributed by atoms with E-state index in [2.05, 4.69) is 11.0 Å². The topological polar surface area (TPSA) is 61.2 Å². The van der Waals surface area contributed by atoms with Crippen LogP contribution >= 0.6 is 0 Å². The Morgan fingerprint density at radius 2 is 1.83 bits per heavy atom. The maximum absolute atomic E-state index is 13.7. The van der Waals surface area contributed by atoms with Gasteiger partial charge in [0.15, 0.2) is 17.4 Å². The minimum atomic E-state index is -1.03. The first-order chi connectivity index (χ1) is 14.4. The van der Waals surface area contributed by atoms with Crippen molar-refractivity contribution in [1.82, 2.24) is 9.78 Å². The minimum Gasteiger partial charge on any atom is -0.481 e. The molecule has 0 amide bonds. The average molecular weight is 406 g/mol. The molecule has 0 atom stereocenters. The second-order valence-electron chi connectivity index (χ2n) is 6.25. The number of terminal acetylenes is 1. The fourth-order valence-electron chi connectivity index (χ4n) is 2.64. The third-order valence-corrected chi connectivity index (χ3v) is 4.05. The summed E-state index contributed by atoms with van der Waals surface area (Å²) in [5, 5.41) is 4.38. The number of benzene rings is 2. The second-order valence-corrected chi connectivity index (χ2v) is 6.25. The molecule has 0 unspecified atom stereocenters. The van der Waals surface area contributed by atoms with Gasteiger partial charge in [0.25, 0.3) is 0 Å². The number of hydrogen-bond acceptors (Lipinski definition) is 4. The molecule has 2 aromatic carbocycles. The number of ketones is 2. The third-order valence-electron chi connectivity index (χ3n) is 4.05. The van der Waals surface area contributed by atoms with Crippen LogP contribution in [0.2, 0.25) is 0 Å². The lowest BCUT2D eigenvalue weighted by atomic mass is 10.1. The number of ether oxygens (including phenoxy) is 1. The highest BCUT2D eigenvalue weighted by Crippen LogP contribution is 2.25. The fourth-order valence-corrected chi connectivity index (χ4v) is 2.64. The number of aromatic nitrogens is 2. The van der Waals surface area contributed by atoms with Gasteiger partial charge in [-0.15, -0.1) is 6.42 Å². The Balaban J connectivity index is 2.06. The highest BCUT2D eigenvalue weighted by atomic mass is 19.2. The minimum absolute atomic E-state index is 0.112. The van der Waals surface area contributed by atoms with E-state index in [1.165, 1.54) is 23.7 Å². The lowest BCUT2D eigenvalue weighted by Crippen LogP contribution is -2.07. The van der Waals surface area contributed by atoms with Gasteiger partial charge >= 0.3 is 0 Å². The highest BCUT2D eigenvalue weighted by molar-refractivity contribution is 6.07. The molecule has 7 heteroatoms. The van der Waals surface area contributed by atoms with E-state index >= 15 is 0 Å². The van der Waals surface area contributed by atoms with Crippen LogP contribution in [0.1, 0.15) is 17.4 Å². The molecule has 150 valence electrons. The Morgan fingerprint density at radius 3 is 2.47 bits per heavy atom. The Kier molecular flexibility index (Phi) is 6.18. The van der Waals surface area contributed by atoms with E-state index in [0.29, 0.717) is 17.0 Å². The van der Waals surface area contributed by atoms with Crippen LogP contribution in [-0.4, -0.2) is 28.0 Å². The van der Waals surface area contributed by atoms with Crippen LogP contribution in [0.4, 0.5) is 8.78 Å². The SMILES string of the molecule is C#CCOc1ccc(-n2nc(-c3ccc(F)c(F)c3)cc2C(=O)/C=C\C(C)=O)cc1. The summed E-state index contributed by atoms with van der Waals surface area (Å²) in [6.07, 6.45) is 7.45. The summed E-state index contributed by atoms with van der Waals surface area (Å²) in [5.74, 6) is 0.128. The summed E-state index contributed by atoms with van der Waals surface area (Å²) < 4.78 is 33.6. The molecule has 0 aliphatic carbocycles. The predicted molar refractivity (Wildman–Crippen MR) is 107 cm³/mol. The van der Waals surface area contributed by atoms with Crippen molar-refractivity contribution in [2.24, 2.45) is 0 Å². The van der Waals surface area contributed by atoms with E-state index in [0.717, 1.165) is 24.3 Å². The number of nitrogens with zero attached hydrogens (tertiary/aromatic N) is 2. The molecule has 0 spiro atoms. The zero-order valence-corrected chi connectivity index (χ0v) is 15.9. The van der Waals surface area contributed by atoms with Crippen LogP contribution in [-0.2, 0) is 4.79 Å². The standard InChI is InChI=1S/C23H16F2N2O3/c1-3-12-30-18-8-6-17(7-9-18)27-22(23(29)11-4-15(2)28)14-21(26-27)16-5-10-19(24)20(25)13-16/h1,4-11,13-14H,12H2,2H3/b11-4-. The summed E-state index contributed by atoms with van der Waals surface area (Å²) >= 11 is 0. The summed E-state index contributed by atoms with van der Waals surface area (Å²) in [4.78, 5) is 23.8. The lowest BCUT2D eigenvalue weighted by Gasteiger charge is -2.07. The molecular weight excluding hydrogens is 390 g/mol. The van der Waals surface area contributed by atoms with Crippen molar-refractivity contribution >= 4 is 11.6 Å². The van der Waals surface area contributed by atoms with Crippen LogP contribution < -0.4 is 4.74 Å². The van der Waals surface area contributed by atoms with Crippen molar-refractivity contribution < 1.29 is 23.1 Å². The summed E-state index contributed by atoms with van der Waals surface area (Å²) in [7, 11) is 0. The molecule has 3 aromatic rings. The molecule has 0 fully saturated rings. The Bertz CT molecular complexity index is 1170. The molecule has 5 nitrogen and oxygen atoms in total. The van der Waals surface area contributed by atoms with Crippen molar-refractivity contribution in [1.29, 1.82) is 0 Å². The predicted octanol–water partition coefficient (Wildman–Crippen LogP) is 4.16. The molecule has 0 aliphatic heterocycles. The summed E-state index contributed by atoms with van der Waals surface area (Å²) in [6, 6.07) is 11.4. The first-order valence-corrected chi connectivity index (χ1v) is 8.84. The van der Waals surface area contributed by atoms with Gasteiger partial charge in [-0.1, -0.05) is 5.92 Å². The van der Waals surface area contributed by atoms with E-state index in [-0.39, 0.29) is 23.8 Å². The zero-order valence-electron chi connectivity index (χ0n) is 15.9. The molecule has 30 heavy (non-hydrogen) atoms. The smallest absolute Gasteiger partial charge is 0.204 e. The quantitative estimate of drug-likeness (QED) is 0.336. The Labute approximate surface area is 171 Å². The Morgan fingerprint density at radius 1 is 1.10 bits per heavy atom. The molecule has 0 N–H and O–H groups in total. The monoisotopic (exact) mass is 406 g/mol. The fraction of sp³-hybridized carbons (Fsp3) is 0.0870. The van der Waals surface area contributed by atoms with Gasteiger partial charge in [-0.2, -0.15) is 5.10 Å². The van der Waals surface area contributed by atoms with Gasteiger partial charge in [0, 0.05) is 5.56 Å². The molecule has 1 heterocycles. The van der Waals surface area contributed by atoms with Crippen LogP contribution in [0, 0.1) is 24.0 Å². The maximum Gasteiger partial charge on any atom is 0.204 e. The van der Waals surface area contributed by atoms with Gasteiger partial charge in [-0.25, -0.2) is 13.5 Å². The molecule has 3 rings (SSSR count). The van der Waals surface area contributed by atoms with Crippen LogP contribution in [0.15, 0.2) is 60.7 Å². The number of hydrogen-bond donors (Lipinski definition) is 0. The van der Waals surface area contributed by atoms with E-state index < -0.39 is 17.4 Å². The highest BCUT2D eigenvalue weighted by Gasteiger charge is 2.17. The van der Waals surface area contributed by atoms with Gasteiger partial charge in [0.05, 0.1) is 11.4 Å². The maximum atomic E-state index is 13.7. The van der Waals surface area contributed by atoms with Crippen molar-refractivity contribution in [3.63, 3.8) is 0 Å². The van der Waals surface area contributed by atoms with E-state index in [4.69, 9.17) is 11.2 Å². The molecule has 0 bridgehead atoms. The third kappa shape index (κ3) is 4.67. The lowest BCUT2D eigenvalue weighted by molar-refractivity contribution is -0.112. The number of allylic oxidation sites excluding steroid dienone is 2. The van der Waals surface area contributed by atoms with Gasteiger partial charge < -0.3 is 4.74 Å². The summed E-state index contributed by atoms with van der Waals surface area (Å²) in [6.45, 7) is 1.43. The molecule has 0 radical (unpaired) electrons. The van der Waals surface area contributed by atoms with Crippen LogP contribution in [0.25, 0.3) is 16.9 Å². The van der Waals surface area contributed by atoms with Gasteiger partial charge in [0.1, 0.15) is 18.1 Å². The molecule has 1 aromatic heterocycles. The molecule has 0 aliphatic rings. The first-order valence-electron chi connectivity index (χ1n) is 8.84. The number of carbonyl (C=O) groups excluding carboxylic acids is 2. The molecule has 0 saturated heterocycles. The summed E-state index contributed by atoms with van der Waals surface area (Å²) in [5.41, 5.74) is 1.23. The Hall–Kier alpha value is -4.05. The second kappa shape index (κ2) is 8.97. The van der Waals surface area contributed by atoms with Crippen LogP contribution in [0.5, 0.6) is 5.75 Å². The first kappa shape index (κ1) is 20.7. The molecular formula is C23H16F2N2O3. The van der Waals surface area contributed by atoms with E-state index in [9.17, 15) is 18.4 Å². The van der Waals surface area contributed by atoms with Crippen LogP contribution in [0.3, 0.4) is 0 Å². The van der Waals surface area contributed by atoms with Gasteiger partial charge in [-0.05, 0) is 67.6 Å².